The molecule has 0 aliphatic carbocycles. The maximum absolute atomic E-state index is 12.6. The molecule has 1 heterocycles. The molecule has 0 spiro atoms. The highest BCUT2D eigenvalue weighted by molar-refractivity contribution is 6.30. The quantitative estimate of drug-likeness (QED) is 0.560. The first-order chi connectivity index (χ1) is 14.6. The van der Waals surface area contributed by atoms with Crippen molar-refractivity contribution in [3.8, 4) is 11.1 Å². The number of anilines is 2. The van der Waals surface area contributed by atoms with Gasteiger partial charge in [-0.3, -0.25) is 4.79 Å². The van der Waals surface area contributed by atoms with Crippen LogP contribution >= 0.6 is 11.6 Å². The minimum absolute atomic E-state index is 0.127. The van der Waals surface area contributed by atoms with E-state index < -0.39 is 0 Å². The van der Waals surface area contributed by atoms with Crippen molar-refractivity contribution in [3.63, 3.8) is 0 Å². The van der Waals surface area contributed by atoms with Gasteiger partial charge < -0.3 is 15.0 Å². The molecule has 3 aromatic carbocycles. The second kappa shape index (κ2) is 9.33. The molecule has 0 saturated carbocycles. The molecule has 1 atom stereocenters. The lowest BCUT2D eigenvalue weighted by Gasteiger charge is -2.33. The van der Waals surface area contributed by atoms with Crippen molar-refractivity contribution in [1.82, 2.24) is 0 Å². The summed E-state index contributed by atoms with van der Waals surface area (Å²) in [5, 5.41) is 3.67. The third kappa shape index (κ3) is 4.84. The maximum Gasteiger partial charge on any atom is 0.255 e. The van der Waals surface area contributed by atoms with Crippen LogP contribution in [0.4, 0.5) is 11.4 Å². The molecule has 1 amide bonds. The highest BCUT2D eigenvalue weighted by Crippen LogP contribution is 2.25. The first-order valence-electron chi connectivity index (χ1n) is 10.2. The molecule has 1 fully saturated rings. The van der Waals surface area contributed by atoms with E-state index in [2.05, 4.69) is 22.3 Å². The Balaban J connectivity index is 1.40. The number of nitrogens with one attached hydrogen (secondary N) is 1. The second-order valence-electron chi connectivity index (χ2n) is 7.53. The lowest BCUT2D eigenvalue weighted by molar-refractivity contribution is 0.0893. The van der Waals surface area contributed by atoms with E-state index >= 15 is 0 Å². The molecule has 4 nitrogen and oxygen atoms in total. The number of carbonyl (C=O) groups excluding carboxylic acids is 1. The molecule has 1 unspecified atom stereocenters. The van der Waals surface area contributed by atoms with Crippen LogP contribution in [0.15, 0.2) is 72.8 Å². The summed E-state index contributed by atoms with van der Waals surface area (Å²) in [7, 11) is 1.77. The molecule has 1 aliphatic rings. The minimum Gasteiger partial charge on any atom is -0.380 e. The van der Waals surface area contributed by atoms with E-state index in [9.17, 15) is 4.79 Å². The van der Waals surface area contributed by atoms with Crippen molar-refractivity contribution in [2.45, 2.75) is 18.9 Å². The SMILES string of the molecule is COC1CCCN(c2ccc(NC(=O)c3ccc(-c4cccc(Cl)c4)cc3)cc2)C1. The highest BCUT2D eigenvalue weighted by atomic mass is 35.5. The van der Waals surface area contributed by atoms with Gasteiger partial charge in [0.05, 0.1) is 6.10 Å². The summed E-state index contributed by atoms with van der Waals surface area (Å²) in [5.74, 6) is -0.127. The van der Waals surface area contributed by atoms with Gasteiger partial charge in [-0.25, -0.2) is 0 Å². The van der Waals surface area contributed by atoms with Crippen LogP contribution in [0.25, 0.3) is 11.1 Å². The lowest BCUT2D eigenvalue weighted by Crippen LogP contribution is -2.39. The van der Waals surface area contributed by atoms with Crippen molar-refractivity contribution < 1.29 is 9.53 Å². The number of halogens is 1. The van der Waals surface area contributed by atoms with Gasteiger partial charge >= 0.3 is 0 Å². The smallest absolute Gasteiger partial charge is 0.255 e. The van der Waals surface area contributed by atoms with Gasteiger partial charge in [-0.2, -0.15) is 0 Å². The van der Waals surface area contributed by atoms with Crippen molar-refractivity contribution in [2.75, 3.05) is 30.4 Å². The molecule has 3 aromatic rings. The van der Waals surface area contributed by atoms with Gasteiger partial charge in [0.1, 0.15) is 0 Å². The van der Waals surface area contributed by atoms with Gasteiger partial charge in [-0.15, -0.1) is 0 Å². The number of methoxy groups -OCH3 is 1. The third-order valence-corrected chi connectivity index (χ3v) is 5.74. The van der Waals surface area contributed by atoms with Gasteiger partial charge in [-0.05, 0) is 72.5 Å². The van der Waals surface area contributed by atoms with E-state index in [1.807, 2.05) is 60.7 Å². The Labute approximate surface area is 182 Å². The Hall–Kier alpha value is -2.82. The van der Waals surface area contributed by atoms with Crippen LogP contribution in [-0.4, -0.2) is 32.2 Å². The van der Waals surface area contributed by atoms with E-state index in [1.54, 1.807) is 7.11 Å². The number of nitrogens with zero attached hydrogens (tertiary/aromatic N) is 1. The molecule has 154 valence electrons. The number of rotatable bonds is 5. The molecular weight excluding hydrogens is 396 g/mol. The number of carbonyl (C=O) groups is 1. The normalized spacial score (nSPS) is 16.3. The number of ether oxygens (including phenoxy) is 1. The van der Waals surface area contributed by atoms with Gasteiger partial charge in [0.2, 0.25) is 0 Å². The monoisotopic (exact) mass is 420 g/mol. The van der Waals surface area contributed by atoms with Gasteiger partial charge in [0, 0.05) is 42.2 Å². The summed E-state index contributed by atoms with van der Waals surface area (Å²) in [6.45, 7) is 1.94. The molecule has 30 heavy (non-hydrogen) atoms. The van der Waals surface area contributed by atoms with E-state index in [0.717, 1.165) is 48.4 Å². The second-order valence-corrected chi connectivity index (χ2v) is 7.97. The van der Waals surface area contributed by atoms with E-state index in [0.29, 0.717) is 10.6 Å². The van der Waals surface area contributed by atoms with E-state index in [-0.39, 0.29) is 12.0 Å². The zero-order valence-corrected chi connectivity index (χ0v) is 17.7. The fraction of sp³-hybridized carbons (Fsp3) is 0.240. The van der Waals surface area contributed by atoms with Gasteiger partial charge in [0.25, 0.3) is 5.91 Å². The summed E-state index contributed by atoms with van der Waals surface area (Å²) >= 11 is 6.07. The Morgan fingerprint density at radius 2 is 1.80 bits per heavy atom. The van der Waals surface area contributed by atoms with Crippen LogP contribution in [0.5, 0.6) is 0 Å². The Bertz CT molecular complexity index is 1000. The van der Waals surface area contributed by atoms with Crippen molar-refractivity contribution in [1.29, 1.82) is 0 Å². The van der Waals surface area contributed by atoms with E-state index in [1.165, 1.54) is 0 Å². The van der Waals surface area contributed by atoms with Crippen LogP contribution in [0.2, 0.25) is 5.02 Å². The summed E-state index contributed by atoms with van der Waals surface area (Å²) in [5.41, 5.74) is 4.60. The average molecular weight is 421 g/mol. The largest absolute Gasteiger partial charge is 0.380 e. The molecule has 5 heteroatoms. The van der Waals surface area contributed by atoms with Crippen LogP contribution in [0, 0.1) is 0 Å². The van der Waals surface area contributed by atoms with Crippen LogP contribution in [-0.2, 0) is 4.74 Å². The fourth-order valence-corrected chi connectivity index (χ4v) is 4.00. The summed E-state index contributed by atoms with van der Waals surface area (Å²) in [6, 6.07) is 23.2. The zero-order chi connectivity index (χ0) is 20.9. The van der Waals surface area contributed by atoms with Crippen molar-refractivity contribution >= 4 is 28.9 Å². The number of benzene rings is 3. The van der Waals surface area contributed by atoms with Crippen molar-refractivity contribution in [3.05, 3.63) is 83.4 Å². The van der Waals surface area contributed by atoms with E-state index in [4.69, 9.17) is 16.3 Å². The topological polar surface area (TPSA) is 41.6 Å². The molecule has 1 N–H and O–H groups in total. The predicted molar refractivity (Wildman–Crippen MR) is 124 cm³/mol. The summed E-state index contributed by atoms with van der Waals surface area (Å²) in [6.07, 6.45) is 2.52. The number of piperidine rings is 1. The summed E-state index contributed by atoms with van der Waals surface area (Å²) < 4.78 is 5.51. The minimum atomic E-state index is -0.127. The van der Waals surface area contributed by atoms with Crippen molar-refractivity contribution in [2.24, 2.45) is 0 Å². The third-order valence-electron chi connectivity index (χ3n) is 5.51. The Kier molecular flexibility index (Phi) is 6.36. The predicted octanol–water partition coefficient (Wildman–Crippen LogP) is 5.87. The van der Waals surface area contributed by atoms with Crippen LogP contribution in [0.3, 0.4) is 0 Å². The fourth-order valence-electron chi connectivity index (χ4n) is 3.81. The molecule has 1 saturated heterocycles. The zero-order valence-electron chi connectivity index (χ0n) is 17.0. The first kappa shape index (κ1) is 20.5. The van der Waals surface area contributed by atoms with Crippen LogP contribution in [0.1, 0.15) is 23.2 Å². The first-order valence-corrected chi connectivity index (χ1v) is 10.6. The summed E-state index contributed by atoms with van der Waals surface area (Å²) in [4.78, 5) is 15.0. The van der Waals surface area contributed by atoms with Gasteiger partial charge in [0.15, 0.2) is 0 Å². The maximum atomic E-state index is 12.6. The Morgan fingerprint density at radius 1 is 1.03 bits per heavy atom. The molecule has 0 bridgehead atoms. The molecule has 1 aliphatic heterocycles. The number of hydrogen-bond donors (Lipinski definition) is 1. The highest BCUT2D eigenvalue weighted by Gasteiger charge is 2.19. The molecule has 0 radical (unpaired) electrons. The average Bonchev–Trinajstić information content (AvgIpc) is 2.80. The van der Waals surface area contributed by atoms with Crippen LogP contribution < -0.4 is 10.2 Å². The number of hydrogen-bond acceptors (Lipinski definition) is 3. The Morgan fingerprint density at radius 3 is 2.50 bits per heavy atom. The molecule has 0 aromatic heterocycles. The molecular formula is C25H25ClN2O2. The standard InChI is InChI=1S/C25H25ClN2O2/c1-30-24-6-3-15-28(17-24)23-13-11-22(12-14-23)27-25(29)19-9-7-18(8-10-19)20-4-2-5-21(26)16-20/h2,4-5,7-14,16,24H,3,6,15,17H2,1H3,(H,27,29). The lowest BCUT2D eigenvalue weighted by atomic mass is 10.0. The number of amides is 1. The molecule has 4 rings (SSSR count). The van der Waals surface area contributed by atoms with Gasteiger partial charge in [-0.1, -0.05) is 35.9 Å².